The highest BCUT2D eigenvalue weighted by Crippen LogP contribution is 2.39. The minimum Gasteiger partial charge on any atom is -0.493 e. The van der Waals surface area contributed by atoms with Crippen LogP contribution in [0.5, 0.6) is 11.5 Å². The van der Waals surface area contributed by atoms with Gasteiger partial charge in [0.1, 0.15) is 21.5 Å². The monoisotopic (exact) mass is 487 g/mol. The summed E-state index contributed by atoms with van der Waals surface area (Å²) in [6.07, 6.45) is -3.51. The Hall–Kier alpha value is -2.40. The van der Waals surface area contributed by atoms with Gasteiger partial charge >= 0.3 is 6.18 Å². The minimum atomic E-state index is -4.60. The van der Waals surface area contributed by atoms with Crippen molar-refractivity contribution in [3.05, 3.63) is 58.1 Å². The van der Waals surface area contributed by atoms with Crippen molar-refractivity contribution in [1.82, 2.24) is 10.2 Å². The molecule has 0 fully saturated rings. The van der Waals surface area contributed by atoms with Crippen molar-refractivity contribution in [1.29, 1.82) is 0 Å². The summed E-state index contributed by atoms with van der Waals surface area (Å²) in [5.41, 5.74) is 5.03. The number of alkyl halides is 3. The van der Waals surface area contributed by atoms with Crippen LogP contribution in [0.15, 0.2) is 42.5 Å². The lowest BCUT2D eigenvalue weighted by Crippen LogP contribution is -2.13. The Balaban J connectivity index is 1.60. The van der Waals surface area contributed by atoms with E-state index >= 15 is 0 Å². The topological polar surface area (TPSA) is 90.5 Å². The molecule has 11 heteroatoms. The van der Waals surface area contributed by atoms with Crippen molar-refractivity contribution < 1.29 is 27.8 Å². The Morgan fingerprint density at radius 3 is 2.38 bits per heavy atom. The fourth-order valence-corrected chi connectivity index (χ4v) is 3.74. The number of ether oxygens (including phenoxy) is 2. The largest absolute Gasteiger partial charge is 0.493 e. The number of benzene rings is 2. The Bertz CT molecular complexity index is 1030. The van der Waals surface area contributed by atoms with Gasteiger partial charge in [0.25, 0.3) is 0 Å². The third-order valence-corrected chi connectivity index (χ3v) is 5.79. The average molecular weight is 488 g/mol. The zero-order valence-corrected chi connectivity index (χ0v) is 18.4. The number of halogens is 4. The van der Waals surface area contributed by atoms with Gasteiger partial charge in [0.2, 0.25) is 0 Å². The molecule has 1 atom stereocenters. The predicted molar refractivity (Wildman–Crippen MR) is 116 cm³/mol. The van der Waals surface area contributed by atoms with Gasteiger partial charge in [0, 0.05) is 5.56 Å². The van der Waals surface area contributed by atoms with Crippen LogP contribution in [0.25, 0.3) is 10.6 Å². The summed E-state index contributed by atoms with van der Waals surface area (Å²) in [7, 11) is 0. The molecule has 0 aliphatic carbocycles. The molecule has 2 aromatic carbocycles. The van der Waals surface area contributed by atoms with Gasteiger partial charge in [-0.05, 0) is 43.2 Å². The smallest absolute Gasteiger partial charge is 0.419 e. The lowest BCUT2D eigenvalue weighted by atomic mass is 10.1. The molecule has 0 bridgehead atoms. The lowest BCUT2D eigenvalue weighted by molar-refractivity contribution is -0.138. The Kier molecular flexibility index (Phi) is 8.30. The van der Waals surface area contributed by atoms with E-state index in [1.807, 2.05) is 0 Å². The van der Waals surface area contributed by atoms with Crippen LogP contribution in [0.1, 0.15) is 29.5 Å². The number of aliphatic hydroxyl groups is 1. The van der Waals surface area contributed by atoms with Crippen molar-refractivity contribution >= 4 is 22.9 Å². The Labute approximate surface area is 191 Å². The SMILES string of the molecule is NC(CO)c1nnc(-c2ccc(OCCCCOc3ccccc3Cl)c(C(F)(F)F)c2)s1. The van der Waals surface area contributed by atoms with Crippen LogP contribution in [0.3, 0.4) is 0 Å². The second kappa shape index (κ2) is 11.0. The van der Waals surface area contributed by atoms with E-state index in [4.69, 9.17) is 31.9 Å². The van der Waals surface area contributed by atoms with E-state index in [0.717, 1.165) is 17.4 Å². The molecule has 3 rings (SSSR count). The summed E-state index contributed by atoms with van der Waals surface area (Å²) in [5.74, 6) is 0.301. The van der Waals surface area contributed by atoms with Crippen LogP contribution in [0.2, 0.25) is 5.02 Å². The summed E-state index contributed by atoms with van der Waals surface area (Å²) >= 11 is 7.04. The molecule has 3 aromatic rings. The third kappa shape index (κ3) is 6.32. The van der Waals surface area contributed by atoms with Gasteiger partial charge in [-0.1, -0.05) is 35.1 Å². The summed E-state index contributed by atoms with van der Waals surface area (Å²) in [4.78, 5) is 0. The highest BCUT2D eigenvalue weighted by atomic mass is 35.5. The first-order valence-corrected chi connectivity index (χ1v) is 10.9. The number of aliphatic hydroxyl groups excluding tert-OH is 1. The van der Waals surface area contributed by atoms with Crippen molar-refractivity contribution in [2.45, 2.75) is 25.1 Å². The molecule has 0 aliphatic heterocycles. The molecule has 0 amide bonds. The van der Waals surface area contributed by atoms with Gasteiger partial charge in [-0.25, -0.2) is 0 Å². The fraction of sp³-hybridized carbons (Fsp3) is 0.333. The van der Waals surface area contributed by atoms with E-state index in [-0.39, 0.29) is 29.5 Å². The number of hydrogen-bond acceptors (Lipinski definition) is 7. The summed E-state index contributed by atoms with van der Waals surface area (Å²) < 4.78 is 51.7. The number of hydrogen-bond donors (Lipinski definition) is 2. The molecule has 3 N–H and O–H groups in total. The van der Waals surface area contributed by atoms with E-state index in [1.165, 1.54) is 12.1 Å². The second-order valence-corrected chi connectivity index (χ2v) is 8.19. The molecule has 32 heavy (non-hydrogen) atoms. The van der Waals surface area contributed by atoms with Crippen LogP contribution >= 0.6 is 22.9 Å². The maximum Gasteiger partial charge on any atom is 0.419 e. The highest BCUT2D eigenvalue weighted by molar-refractivity contribution is 7.14. The third-order valence-electron chi connectivity index (χ3n) is 4.38. The van der Waals surface area contributed by atoms with Gasteiger partial charge in [-0.3, -0.25) is 0 Å². The standard InChI is InChI=1S/C21H21ClF3N3O3S/c22-15-5-1-2-6-18(15)31-10-4-3-9-30-17-8-7-13(11-14(17)21(23,24)25)19-27-28-20(32-19)16(26)12-29/h1-2,5-8,11,16,29H,3-4,9-10,12,26H2. The maximum atomic E-state index is 13.6. The van der Waals surface area contributed by atoms with E-state index in [0.29, 0.717) is 35.2 Å². The number of nitrogens with two attached hydrogens (primary N) is 1. The zero-order valence-electron chi connectivity index (χ0n) is 16.8. The molecule has 0 saturated carbocycles. The van der Waals surface area contributed by atoms with Crippen LogP contribution in [0, 0.1) is 0 Å². The quantitative estimate of drug-likeness (QED) is 0.386. The summed E-state index contributed by atoms with van der Waals surface area (Å²) in [6, 6.07) is 10.1. The van der Waals surface area contributed by atoms with Crippen molar-refractivity contribution in [3.63, 3.8) is 0 Å². The van der Waals surface area contributed by atoms with Crippen LogP contribution < -0.4 is 15.2 Å². The molecular weight excluding hydrogens is 467 g/mol. The van der Waals surface area contributed by atoms with Gasteiger partial charge in [0.15, 0.2) is 0 Å². The number of nitrogens with zero attached hydrogens (tertiary/aromatic N) is 2. The van der Waals surface area contributed by atoms with E-state index in [2.05, 4.69) is 10.2 Å². The van der Waals surface area contributed by atoms with Crippen molar-refractivity contribution in [3.8, 4) is 22.1 Å². The highest BCUT2D eigenvalue weighted by Gasteiger charge is 2.35. The first kappa shape index (κ1) is 24.2. The van der Waals surface area contributed by atoms with Gasteiger partial charge in [-0.2, -0.15) is 13.2 Å². The van der Waals surface area contributed by atoms with Gasteiger partial charge in [0.05, 0.1) is 36.4 Å². The van der Waals surface area contributed by atoms with Crippen molar-refractivity contribution in [2.75, 3.05) is 19.8 Å². The lowest BCUT2D eigenvalue weighted by Gasteiger charge is -2.15. The Morgan fingerprint density at radius 2 is 1.72 bits per heavy atom. The van der Waals surface area contributed by atoms with Gasteiger partial charge in [-0.15, -0.1) is 10.2 Å². The molecule has 0 saturated heterocycles. The Morgan fingerprint density at radius 1 is 1.03 bits per heavy atom. The van der Waals surface area contributed by atoms with Crippen LogP contribution in [-0.4, -0.2) is 35.1 Å². The second-order valence-electron chi connectivity index (χ2n) is 6.78. The molecule has 6 nitrogen and oxygen atoms in total. The molecule has 172 valence electrons. The summed E-state index contributed by atoms with van der Waals surface area (Å²) in [6.45, 7) is 0.134. The van der Waals surface area contributed by atoms with E-state index in [9.17, 15) is 13.2 Å². The van der Waals surface area contributed by atoms with E-state index in [1.54, 1.807) is 24.3 Å². The normalized spacial score (nSPS) is 12.6. The minimum absolute atomic E-state index is 0.0998. The number of rotatable bonds is 10. The van der Waals surface area contributed by atoms with Crippen LogP contribution in [-0.2, 0) is 6.18 Å². The molecule has 0 spiro atoms. The fourth-order valence-electron chi connectivity index (χ4n) is 2.72. The number of unbranched alkanes of at least 4 members (excludes halogenated alkanes) is 1. The molecule has 1 unspecified atom stereocenters. The molecule has 0 aliphatic rings. The zero-order chi connectivity index (χ0) is 23.1. The first-order chi connectivity index (χ1) is 15.3. The molecule has 1 heterocycles. The average Bonchev–Trinajstić information content (AvgIpc) is 3.26. The maximum absolute atomic E-state index is 13.6. The molecule has 1 aromatic heterocycles. The first-order valence-electron chi connectivity index (χ1n) is 9.71. The predicted octanol–water partition coefficient (Wildman–Crippen LogP) is 5.11. The van der Waals surface area contributed by atoms with Crippen molar-refractivity contribution in [2.24, 2.45) is 5.73 Å². The van der Waals surface area contributed by atoms with E-state index < -0.39 is 17.8 Å². The van der Waals surface area contributed by atoms with Crippen LogP contribution in [0.4, 0.5) is 13.2 Å². The van der Waals surface area contributed by atoms with Gasteiger partial charge < -0.3 is 20.3 Å². The molecule has 0 radical (unpaired) electrons. The summed E-state index contributed by atoms with van der Waals surface area (Å²) in [5, 5.41) is 17.9. The molecular formula is C21H21ClF3N3O3S. The number of para-hydroxylation sites is 1. The number of aromatic nitrogens is 2.